The van der Waals surface area contributed by atoms with E-state index < -0.39 is 0 Å². The third-order valence-electron chi connectivity index (χ3n) is 4.74. The average molecular weight is 397 g/mol. The van der Waals surface area contributed by atoms with Gasteiger partial charge in [-0.25, -0.2) is 4.39 Å². The Bertz CT molecular complexity index is 1010. The fourth-order valence-electron chi connectivity index (χ4n) is 3.24. The molecule has 7 heteroatoms. The number of aryl methyl sites for hydroxylation is 1. The molecular formula is C22H28FN5O. The van der Waals surface area contributed by atoms with Crippen LogP contribution in [0.3, 0.4) is 0 Å². The van der Waals surface area contributed by atoms with E-state index in [-0.39, 0.29) is 11.4 Å². The summed E-state index contributed by atoms with van der Waals surface area (Å²) in [6.07, 6.45) is 6.31. The van der Waals surface area contributed by atoms with E-state index in [1.54, 1.807) is 28.8 Å². The molecule has 154 valence electrons. The van der Waals surface area contributed by atoms with Gasteiger partial charge < -0.3 is 20.2 Å². The molecule has 29 heavy (non-hydrogen) atoms. The van der Waals surface area contributed by atoms with Crippen LogP contribution in [-0.2, 0) is 13.0 Å². The first kappa shape index (κ1) is 20.6. The van der Waals surface area contributed by atoms with Crippen LogP contribution in [0.15, 0.2) is 58.6 Å². The zero-order valence-electron chi connectivity index (χ0n) is 16.7. The SMILES string of the molecule is CCNC(=NCCCCn1ccccc1=O)NCCc1c[nH]c2ccc(F)cc12. The molecule has 0 atom stereocenters. The highest BCUT2D eigenvalue weighted by Crippen LogP contribution is 2.19. The third kappa shape index (κ3) is 5.94. The molecule has 3 aromatic rings. The van der Waals surface area contributed by atoms with Crippen molar-refractivity contribution in [1.29, 1.82) is 0 Å². The number of aromatic amines is 1. The highest BCUT2D eigenvalue weighted by atomic mass is 19.1. The number of guanidine groups is 1. The number of H-pyrrole nitrogens is 1. The minimum absolute atomic E-state index is 0.0307. The second-order valence-electron chi connectivity index (χ2n) is 6.88. The summed E-state index contributed by atoms with van der Waals surface area (Å²) in [6.45, 7) is 4.91. The summed E-state index contributed by atoms with van der Waals surface area (Å²) in [5.41, 5.74) is 2.05. The van der Waals surface area contributed by atoms with Gasteiger partial charge >= 0.3 is 0 Å². The van der Waals surface area contributed by atoms with E-state index >= 15 is 0 Å². The number of rotatable bonds is 9. The first-order chi connectivity index (χ1) is 14.2. The van der Waals surface area contributed by atoms with Gasteiger partial charge in [0.05, 0.1) is 0 Å². The van der Waals surface area contributed by atoms with Crippen molar-refractivity contribution in [3.63, 3.8) is 0 Å². The average Bonchev–Trinajstić information content (AvgIpc) is 3.11. The van der Waals surface area contributed by atoms with E-state index in [0.717, 1.165) is 48.2 Å². The van der Waals surface area contributed by atoms with Crippen molar-refractivity contribution in [1.82, 2.24) is 20.2 Å². The fraction of sp³-hybridized carbons (Fsp3) is 0.364. The maximum atomic E-state index is 13.5. The van der Waals surface area contributed by atoms with E-state index in [9.17, 15) is 9.18 Å². The van der Waals surface area contributed by atoms with Gasteiger partial charge in [-0.05, 0) is 56.0 Å². The molecule has 0 radical (unpaired) electrons. The summed E-state index contributed by atoms with van der Waals surface area (Å²) in [7, 11) is 0. The van der Waals surface area contributed by atoms with Gasteiger partial charge in [-0.15, -0.1) is 0 Å². The summed E-state index contributed by atoms with van der Waals surface area (Å²) < 4.78 is 15.2. The van der Waals surface area contributed by atoms with E-state index in [4.69, 9.17) is 0 Å². The molecular weight excluding hydrogens is 369 g/mol. The molecule has 0 bridgehead atoms. The first-order valence-corrected chi connectivity index (χ1v) is 10.1. The molecule has 0 saturated heterocycles. The third-order valence-corrected chi connectivity index (χ3v) is 4.74. The Morgan fingerprint density at radius 2 is 2.10 bits per heavy atom. The molecule has 6 nitrogen and oxygen atoms in total. The molecule has 3 N–H and O–H groups in total. The zero-order chi connectivity index (χ0) is 20.5. The molecule has 0 aliphatic carbocycles. The molecule has 0 aliphatic heterocycles. The Morgan fingerprint density at radius 3 is 2.93 bits per heavy atom. The summed E-state index contributed by atoms with van der Waals surface area (Å²) in [4.78, 5) is 19.5. The van der Waals surface area contributed by atoms with Crippen molar-refractivity contribution in [2.24, 2.45) is 4.99 Å². The number of aliphatic imine (C=N–C) groups is 1. The lowest BCUT2D eigenvalue weighted by Gasteiger charge is -2.11. The molecule has 1 aromatic carbocycles. The Kier molecular flexibility index (Phi) is 7.44. The number of nitrogens with zero attached hydrogens (tertiary/aromatic N) is 2. The van der Waals surface area contributed by atoms with E-state index in [1.807, 2.05) is 25.4 Å². The monoisotopic (exact) mass is 397 g/mol. The van der Waals surface area contributed by atoms with Crippen molar-refractivity contribution in [2.75, 3.05) is 19.6 Å². The molecule has 0 amide bonds. The van der Waals surface area contributed by atoms with Crippen LogP contribution in [0.25, 0.3) is 10.9 Å². The van der Waals surface area contributed by atoms with E-state index in [0.29, 0.717) is 19.6 Å². The van der Waals surface area contributed by atoms with Gasteiger partial charge in [0.2, 0.25) is 5.56 Å². The van der Waals surface area contributed by atoms with Gasteiger partial charge in [0.25, 0.3) is 0 Å². The predicted molar refractivity (Wildman–Crippen MR) is 116 cm³/mol. The van der Waals surface area contributed by atoms with Crippen LogP contribution in [-0.4, -0.2) is 35.1 Å². The lowest BCUT2D eigenvalue weighted by Crippen LogP contribution is -2.38. The predicted octanol–water partition coefficient (Wildman–Crippen LogP) is 3.05. The number of halogens is 1. The van der Waals surface area contributed by atoms with Crippen molar-refractivity contribution in [3.05, 3.63) is 70.5 Å². The van der Waals surface area contributed by atoms with Gasteiger partial charge in [-0.1, -0.05) is 6.07 Å². The first-order valence-electron chi connectivity index (χ1n) is 10.1. The van der Waals surface area contributed by atoms with Gasteiger partial charge in [-0.2, -0.15) is 0 Å². The molecule has 0 saturated carbocycles. The number of benzene rings is 1. The maximum absolute atomic E-state index is 13.5. The number of aromatic nitrogens is 2. The minimum atomic E-state index is -0.223. The normalized spacial score (nSPS) is 11.7. The summed E-state index contributed by atoms with van der Waals surface area (Å²) >= 11 is 0. The van der Waals surface area contributed by atoms with Crippen molar-refractivity contribution in [3.8, 4) is 0 Å². The Hall–Kier alpha value is -3.09. The number of hydrogen-bond donors (Lipinski definition) is 3. The van der Waals surface area contributed by atoms with Crippen LogP contribution >= 0.6 is 0 Å². The van der Waals surface area contributed by atoms with Gasteiger partial charge in [0, 0.05) is 55.5 Å². The van der Waals surface area contributed by atoms with Crippen molar-refractivity contribution in [2.45, 2.75) is 32.7 Å². The molecule has 0 spiro atoms. The molecule has 0 aliphatic rings. The standard InChI is InChI=1S/C22H28FN5O/c1-2-24-22(25-11-4-6-14-28-13-5-3-7-21(28)29)26-12-10-17-16-27-20-9-8-18(23)15-19(17)20/h3,5,7-9,13,15-16,27H,2,4,6,10-12,14H2,1H3,(H2,24,25,26). The summed E-state index contributed by atoms with van der Waals surface area (Å²) in [5.74, 6) is 0.550. The fourth-order valence-corrected chi connectivity index (χ4v) is 3.24. The van der Waals surface area contributed by atoms with Crippen LogP contribution in [0, 0.1) is 5.82 Å². The van der Waals surface area contributed by atoms with Crippen LogP contribution in [0.4, 0.5) is 4.39 Å². The highest BCUT2D eigenvalue weighted by Gasteiger charge is 2.05. The zero-order valence-corrected chi connectivity index (χ0v) is 16.7. The lowest BCUT2D eigenvalue weighted by molar-refractivity contribution is 0.597. The largest absolute Gasteiger partial charge is 0.361 e. The lowest BCUT2D eigenvalue weighted by atomic mass is 10.1. The van der Waals surface area contributed by atoms with E-state index in [1.165, 1.54) is 6.07 Å². The van der Waals surface area contributed by atoms with Crippen LogP contribution in [0.1, 0.15) is 25.3 Å². The Morgan fingerprint density at radius 1 is 1.21 bits per heavy atom. The maximum Gasteiger partial charge on any atom is 0.250 e. The molecule has 0 fully saturated rings. The topological polar surface area (TPSA) is 74.2 Å². The second-order valence-corrected chi connectivity index (χ2v) is 6.88. The molecule has 0 unspecified atom stereocenters. The summed E-state index contributed by atoms with van der Waals surface area (Å²) in [5, 5.41) is 7.50. The van der Waals surface area contributed by atoms with Gasteiger partial charge in [0.1, 0.15) is 5.82 Å². The van der Waals surface area contributed by atoms with Gasteiger partial charge in [0.15, 0.2) is 5.96 Å². The minimum Gasteiger partial charge on any atom is -0.361 e. The number of pyridine rings is 1. The Balaban J connectivity index is 1.45. The van der Waals surface area contributed by atoms with Crippen molar-refractivity contribution < 1.29 is 4.39 Å². The molecule has 2 aromatic heterocycles. The number of hydrogen-bond acceptors (Lipinski definition) is 2. The van der Waals surface area contributed by atoms with Gasteiger partial charge in [-0.3, -0.25) is 9.79 Å². The Labute approximate surface area is 169 Å². The smallest absolute Gasteiger partial charge is 0.250 e. The van der Waals surface area contributed by atoms with Crippen LogP contribution in [0.2, 0.25) is 0 Å². The highest BCUT2D eigenvalue weighted by molar-refractivity contribution is 5.83. The number of nitrogens with one attached hydrogen (secondary N) is 3. The van der Waals surface area contributed by atoms with Crippen LogP contribution < -0.4 is 16.2 Å². The van der Waals surface area contributed by atoms with Crippen LogP contribution in [0.5, 0.6) is 0 Å². The van der Waals surface area contributed by atoms with E-state index in [2.05, 4.69) is 20.6 Å². The summed E-state index contributed by atoms with van der Waals surface area (Å²) in [6, 6.07) is 9.99. The van der Waals surface area contributed by atoms with Crippen molar-refractivity contribution >= 4 is 16.9 Å². The second kappa shape index (κ2) is 10.5. The number of fused-ring (bicyclic) bond motifs is 1. The quantitative estimate of drug-likeness (QED) is 0.295. The number of unbranched alkanes of at least 4 members (excludes halogenated alkanes) is 1. The molecule has 2 heterocycles. The molecule has 3 rings (SSSR count).